The van der Waals surface area contributed by atoms with Gasteiger partial charge in [-0.1, -0.05) is 6.07 Å². The number of pyridine rings is 1. The van der Waals surface area contributed by atoms with Crippen LogP contribution < -0.4 is 20.7 Å². The number of anilines is 2. The molecule has 9 heteroatoms. The van der Waals surface area contributed by atoms with Crippen LogP contribution in [0.25, 0.3) is 22.4 Å². The third-order valence-electron chi connectivity index (χ3n) is 6.31. The summed E-state index contributed by atoms with van der Waals surface area (Å²) in [4.78, 5) is 27.0. The number of nitriles is 1. The Morgan fingerprint density at radius 1 is 1.18 bits per heavy atom. The van der Waals surface area contributed by atoms with Gasteiger partial charge >= 0.3 is 0 Å². The molecule has 0 saturated carbocycles. The molecule has 0 spiro atoms. The van der Waals surface area contributed by atoms with E-state index in [9.17, 15) is 9.18 Å². The summed E-state index contributed by atoms with van der Waals surface area (Å²) in [6.07, 6.45) is 3.51. The smallest absolute Gasteiger partial charge is 0.263 e. The van der Waals surface area contributed by atoms with Crippen LogP contribution in [-0.4, -0.2) is 54.8 Å². The van der Waals surface area contributed by atoms with Crippen molar-refractivity contribution in [3.8, 4) is 28.5 Å². The van der Waals surface area contributed by atoms with Gasteiger partial charge in [0.05, 0.1) is 16.8 Å². The first-order chi connectivity index (χ1) is 16.3. The second-order valence-electron chi connectivity index (χ2n) is 8.66. The van der Waals surface area contributed by atoms with E-state index in [0.717, 1.165) is 31.7 Å². The molecular weight excluding hydrogens is 433 g/mol. The van der Waals surface area contributed by atoms with Crippen LogP contribution in [0.1, 0.15) is 18.4 Å². The van der Waals surface area contributed by atoms with E-state index in [4.69, 9.17) is 10.2 Å². The molecule has 1 aromatic carbocycles. The van der Waals surface area contributed by atoms with Gasteiger partial charge in [0.25, 0.3) is 5.56 Å². The van der Waals surface area contributed by atoms with Crippen molar-refractivity contribution in [1.29, 1.82) is 5.26 Å². The van der Waals surface area contributed by atoms with Gasteiger partial charge in [-0.3, -0.25) is 9.36 Å². The highest BCUT2D eigenvalue weighted by molar-refractivity contribution is 5.81. The number of hydrogen-bond acceptors (Lipinski definition) is 7. The van der Waals surface area contributed by atoms with E-state index in [2.05, 4.69) is 15.2 Å². The van der Waals surface area contributed by atoms with Gasteiger partial charge < -0.3 is 15.1 Å². The van der Waals surface area contributed by atoms with Crippen LogP contribution in [0.5, 0.6) is 0 Å². The molecule has 3 aromatic rings. The SMILES string of the molecule is CNC1CCN(c2nc(-c3ccc(C#N)c(F)c3)c(-c3ccc(N(C)C)nc3)c(=O)n2C)CC1. The van der Waals surface area contributed by atoms with E-state index in [1.54, 1.807) is 23.9 Å². The van der Waals surface area contributed by atoms with Crippen molar-refractivity contribution in [1.82, 2.24) is 19.9 Å². The molecule has 34 heavy (non-hydrogen) atoms. The lowest BCUT2D eigenvalue weighted by Gasteiger charge is -2.33. The highest BCUT2D eigenvalue weighted by Gasteiger charge is 2.25. The number of aromatic nitrogens is 3. The predicted octanol–water partition coefficient (Wildman–Crippen LogP) is 2.77. The van der Waals surface area contributed by atoms with Crippen molar-refractivity contribution in [2.24, 2.45) is 7.05 Å². The maximum atomic E-state index is 14.6. The maximum absolute atomic E-state index is 14.6. The van der Waals surface area contributed by atoms with Crippen LogP contribution in [0.4, 0.5) is 16.2 Å². The zero-order chi connectivity index (χ0) is 24.4. The summed E-state index contributed by atoms with van der Waals surface area (Å²) < 4.78 is 16.1. The van der Waals surface area contributed by atoms with E-state index in [1.807, 2.05) is 44.2 Å². The Hall–Kier alpha value is -3.77. The fourth-order valence-corrected chi connectivity index (χ4v) is 4.26. The van der Waals surface area contributed by atoms with Gasteiger partial charge in [-0.25, -0.2) is 14.4 Å². The number of nitrogens with one attached hydrogen (secondary N) is 1. The Labute approximate surface area is 198 Å². The van der Waals surface area contributed by atoms with Crippen molar-refractivity contribution in [2.45, 2.75) is 18.9 Å². The zero-order valence-corrected chi connectivity index (χ0v) is 19.8. The molecule has 0 aliphatic carbocycles. The molecule has 0 radical (unpaired) electrons. The monoisotopic (exact) mass is 461 g/mol. The number of rotatable bonds is 5. The number of piperidine rings is 1. The minimum atomic E-state index is -0.647. The van der Waals surface area contributed by atoms with Crippen molar-refractivity contribution < 1.29 is 4.39 Å². The van der Waals surface area contributed by atoms with Crippen LogP contribution in [0.3, 0.4) is 0 Å². The van der Waals surface area contributed by atoms with Gasteiger partial charge in [-0.15, -0.1) is 0 Å². The maximum Gasteiger partial charge on any atom is 0.263 e. The zero-order valence-electron chi connectivity index (χ0n) is 19.8. The van der Waals surface area contributed by atoms with Gasteiger partial charge in [-0.05, 0) is 44.2 Å². The molecule has 1 aliphatic rings. The van der Waals surface area contributed by atoms with Crippen LogP contribution in [0, 0.1) is 17.1 Å². The van der Waals surface area contributed by atoms with E-state index >= 15 is 0 Å². The van der Waals surface area contributed by atoms with Gasteiger partial charge in [-0.2, -0.15) is 5.26 Å². The third kappa shape index (κ3) is 4.37. The molecule has 1 N–H and O–H groups in total. The van der Waals surface area contributed by atoms with Gasteiger partial charge in [0.1, 0.15) is 17.7 Å². The van der Waals surface area contributed by atoms with E-state index in [0.29, 0.717) is 34.4 Å². The molecule has 2 aromatic heterocycles. The van der Waals surface area contributed by atoms with Gasteiger partial charge in [0.2, 0.25) is 5.95 Å². The summed E-state index contributed by atoms with van der Waals surface area (Å²) >= 11 is 0. The molecule has 1 fully saturated rings. The van der Waals surface area contributed by atoms with Crippen LogP contribution in [-0.2, 0) is 7.05 Å². The molecule has 0 unspecified atom stereocenters. The Bertz CT molecular complexity index is 1290. The summed E-state index contributed by atoms with van der Waals surface area (Å²) in [5, 5.41) is 12.4. The van der Waals surface area contributed by atoms with E-state index < -0.39 is 5.82 Å². The van der Waals surface area contributed by atoms with Crippen LogP contribution in [0.2, 0.25) is 0 Å². The Morgan fingerprint density at radius 2 is 1.88 bits per heavy atom. The number of halogens is 1. The highest BCUT2D eigenvalue weighted by atomic mass is 19.1. The van der Waals surface area contributed by atoms with Gasteiger partial charge in [0, 0.05) is 57.6 Å². The fraction of sp³-hybridized carbons (Fsp3) is 0.360. The van der Waals surface area contributed by atoms with Gasteiger partial charge in [0.15, 0.2) is 0 Å². The topological polar surface area (TPSA) is 90.1 Å². The summed E-state index contributed by atoms with van der Waals surface area (Å²) in [6, 6.07) is 10.2. The second-order valence-corrected chi connectivity index (χ2v) is 8.66. The summed E-state index contributed by atoms with van der Waals surface area (Å²) in [7, 11) is 7.44. The summed E-state index contributed by atoms with van der Waals surface area (Å²) in [6.45, 7) is 1.51. The van der Waals surface area contributed by atoms with Crippen LogP contribution >= 0.6 is 0 Å². The largest absolute Gasteiger partial charge is 0.363 e. The first-order valence-corrected chi connectivity index (χ1v) is 11.2. The standard InChI is InChI=1S/C25H28FN7O/c1-28-19-9-11-33(12-10-19)25-30-23(16-5-6-17(14-27)20(26)13-16)22(24(34)32(25)4)18-7-8-21(29-15-18)31(2)3/h5-8,13,15,19,28H,9-12H2,1-4H3. The average Bonchev–Trinajstić information content (AvgIpc) is 2.85. The molecule has 1 aliphatic heterocycles. The summed E-state index contributed by atoms with van der Waals surface area (Å²) in [5.41, 5.74) is 1.46. The van der Waals surface area contributed by atoms with Crippen molar-refractivity contribution in [3.63, 3.8) is 0 Å². The van der Waals surface area contributed by atoms with Crippen molar-refractivity contribution >= 4 is 11.8 Å². The normalized spacial score (nSPS) is 14.2. The molecule has 8 nitrogen and oxygen atoms in total. The molecule has 0 atom stereocenters. The van der Waals surface area contributed by atoms with E-state index in [-0.39, 0.29) is 11.1 Å². The third-order valence-corrected chi connectivity index (χ3v) is 6.31. The molecule has 0 bridgehead atoms. The number of nitrogens with zero attached hydrogens (tertiary/aromatic N) is 6. The van der Waals surface area contributed by atoms with Crippen LogP contribution in [0.15, 0.2) is 41.3 Å². The molecule has 0 amide bonds. The average molecular weight is 462 g/mol. The second kappa shape index (κ2) is 9.61. The molecule has 1 saturated heterocycles. The Balaban J connectivity index is 1.90. The number of hydrogen-bond donors (Lipinski definition) is 1. The number of benzene rings is 1. The first kappa shape index (κ1) is 23.4. The lowest BCUT2D eigenvalue weighted by Crippen LogP contribution is -2.43. The van der Waals surface area contributed by atoms with Crippen molar-refractivity contribution in [3.05, 3.63) is 58.3 Å². The van der Waals surface area contributed by atoms with Crippen molar-refractivity contribution in [2.75, 3.05) is 44.0 Å². The quantitative estimate of drug-likeness (QED) is 0.625. The van der Waals surface area contributed by atoms with E-state index in [1.165, 1.54) is 12.1 Å². The Morgan fingerprint density at radius 3 is 2.44 bits per heavy atom. The lowest BCUT2D eigenvalue weighted by molar-refractivity contribution is 0.435. The molecular formula is C25H28FN7O. The first-order valence-electron chi connectivity index (χ1n) is 11.2. The predicted molar refractivity (Wildman–Crippen MR) is 131 cm³/mol. The Kier molecular flexibility index (Phi) is 6.61. The highest BCUT2D eigenvalue weighted by Crippen LogP contribution is 2.31. The lowest BCUT2D eigenvalue weighted by atomic mass is 10.00. The molecule has 4 rings (SSSR count). The summed E-state index contributed by atoms with van der Waals surface area (Å²) in [5.74, 6) is 0.648. The molecule has 3 heterocycles. The minimum Gasteiger partial charge on any atom is -0.363 e. The fourth-order valence-electron chi connectivity index (χ4n) is 4.26. The molecule has 176 valence electrons. The minimum absolute atomic E-state index is 0.0551.